The summed E-state index contributed by atoms with van der Waals surface area (Å²) in [4.78, 5) is 18.5. The number of Topliss-reactive ketones (excluding diaryl/α,β-unsaturated/α-hetero) is 1. The molecule has 0 bridgehead atoms. The van der Waals surface area contributed by atoms with Crippen LogP contribution in [-0.4, -0.2) is 10.8 Å². The Morgan fingerprint density at radius 1 is 1.25 bits per heavy atom. The minimum atomic E-state index is -0.274. The van der Waals surface area contributed by atoms with E-state index in [4.69, 9.17) is 0 Å². The molecule has 0 saturated carbocycles. The summed E-state index contributed by atoms with van der Waals surface area (Å²) in [6.07, 6.45) is 0.314. The Labute approximate surface area is 123 Å². The van der Waals surface area contributed by atoms with Gasteiger partial charge in [-0.1, -0.05) is 6.07 Å². The highest BCUT2D eigenvalue weighted by Crippen LogP contribution is 2.28. The van der Waals surface area contributed by atoms with E-state index in [9.17, 15) is 9.18 Å². The van der Waals surface area contributed by atoms with E-state index in [0.29, 0.717) is 11.3 Å². The van der Waals surface area contributed by atoms with Crippen LogP contribution in [0.3, 0.4) is 0 Å². The summed E-state index contributed by atoms with van der Waals surface area (Å²) in [6, 6.07) is 6.41. The Hall–Kier alpha value is -1.59. The number of hydrogen-bond acceptors (Lipinski definition) is 4. The van der Waals surface area contributed by atoms with Crippen LogP contribution in [0.1, 0.15) is 25.3 Å². The topological polar surface area (TPSA) is 30.0 Å². The van der Waals surface area contributed by atoms with E-state index in [0.717, 1.165) is 25.7 Å². The molecule has 0 radical (unpaired) electrons. The molecule has 2 aromatic heterocycles. The van der Waals surface area contributed by atoms with E-state index in [1.165, 1.54) is 23.5 Å². The fraction of sp³-hybridized carbons (Fsp3) is 0.200. The number of carbonyl (C=O) groups is 1. The van der Waals surface area contributed by atoms with Crippen LogP contribution < -0.4 is 0 Å². The van der Waals surface area contributed by atoms with Crippen LogP contribution >= 0.6 is 22.7 Å². The molecular weight excluding hydrogens is 293 g/mol. The number of aryl methyl sites for hydroxylation is 2. The van der Waals surface area contributed by atoms with Crippen molar-refractivity contribution < 1.29 is 9.18 Å². The van der Waals surface area contributed by atoms with Gasteiger partial charge in [-0.2, -0.15) is 0 Å². The van der Waals surface area contributed by atoms with Gasteiger partial charge >= 0.3 is 0 Å². The first-order chi connectivity index (χ1) is 9.52. The van der Waals surface area contributed by atoms with Gasteiger partial charge in [-0.3, -0.25) is 4.79 Å². The lowest BCUT2D eigenvalue weighted by molar-refractivity contribution is 0.0997. The Morgan fingerprint density at radius 2 is 2.05 bits per heavy atom. The van der Waals surface area contributed by atoms with Gasteiger partial charge in [0.05, 0.1) is 17.0 Å². The second-order valence-electron chi connectivity index (χ2n) is 4.64. The standard InChI is InChI=1S/C15H12FNOS2/c1-8-9(2)19-15(17-8)7-12(18)14-5-10-3-4-11(16)6-13(10)20-14/h3-6H,7H2,1-2H3. The van der Waals surface area contributed by atoms with E-state index in [1.54, 1.807) is 17.4 Å². The normalized spacial score (nSPS) is 11.2. The second-order valence-corrected chi connectivity index (χ2v) is 7.01. The monoisotopic (exact) mass is 305 g/mol. The Morgan fingerprint density at radius 3 is 2.75 bits per heavy atom. The first-order valence-electron chi connectivity index (χ1n) is 6.18. The van der Waals surface area contributed by atoms with Crippen molar-refractivity contribution >= 4 is 38.5 Å². The molecule has 0 atom stereocenters. The maximum absolute atomic E-state index is 13.2. The number of benzene rings is 1. The number of hydrogen-bond donors (Lipinski definition) is 0. The van der Waals surface area contributed by atoms with Crippen LogP contribution in [0.2, 0.25) is 0 Å². The summed E-state index contributed by atoms with van der Waals surface area (Å²) in [5, 5.41) is 1.75. The molecular formula is C15H12FNOS2. The number of thiazole rings is 1. The van der Waals surface area contributed by atoms with Crippen molar-refractivity contribution in [3.05, 3.63) is 50.5 Å². The van der Waals surface area contributed by atoms with E-state index in [1.807, 2.05) is 19.9 Å². The molecule has 20 heavy (non-hydrogen) atoms. The average molecular weight is 305 g/mol. The summed E-state index contributed by atoms with van der Waals surface area (Å²) in [5.41, 5.74) is 0.983. The fourth-order valence-electron chi connectivity index (χ4n) is 1.98. The van der Waals surface area contributed by atoms with Gasteiger partial charge in [0.2, 0.25) is 0 Å². The molecule has 0 amide bonds. The molecule has 0 spiro atoms. The highest BCUT2D eigenvalue weighted by atomic mass is 32.1. The minimum Gasteiger partial charge on any atom is -0.293 e. The lowest BCUT2D eigenvalue weighted by atomic mass is 10.2. The maximum atomic E-state index is 13.2. The molecule has 5 heteroatoms. The number of halogens is 1. The van der Waals surface area contributed by atoms with E-state index in [-0.39, 0.29) is 11.6 Å². The third-order valence-corrected chi connectivity index (χ3v) is 5.35. The Bertz CT molecular complexity index is 784. The molecule has 3 rings (SSSR count). The van der Waals surface area contributed by atoms with Crippen molar-refractivity contribution in [3.8, 4) is 0 Å². The van der Waals surface area contributed by atoms with Gasteiger partial charge in [0.25, 0.3) is 0 Å². The quantitative estimate of drug-likeness (QED) is 0.665. The number of carbonyl (C=O) groups excluding carboxylic acids is 1. The lowest BCUT2D eigenvalue weighted by Crippen LogP contribution is -2.00. The summed E-state index contributed by atoms with van der Waals surface area (Å²) in [7, 11) is 0. The van der Waals surface area contributed by atoms with Gasteiger partial charge < -0.3 is 0 Å². The number of nitrogens with zero attached hydrogens (tertiary/aromatic N) is 1. The molecule has 1 aromatic carbocycles. The molecule has 0 fully saturated rings. The molecule has 2 heterocycles. The first kappa shape index (κ1) is 13.4. The van der Waals surface area contributed by atoms with Crippen LogP contribution in [0, 0.1) is 19.7 Å². The number of ketones is 1. The predicted molar refractivity (Wildman–Crippen MR) is 81.4 cm³/mol. The second kappa shape index (κ2) is 5.07. The zero-order chi connectivity index (χ0) is 14.3. The summed E-state index contributed by atoms with van der Waals surface area (Å²) < 4.78 is 14.0. The molecule has 0 N–H and O–H groups in total. The van der Waals surface area contributed by atoms with Gasteiger partial charge in [0.15, 0.2) is 5.78 Å². The Balaban J connectivity index is 1.88. The van der Waals surface area contributed by atoms with E-state index < -0.39 is 0 Å². The molecule has 3 aromatic rings. The molecule has 0 aliphatic carbocycles. The number of rotatable bonds is 3. The number of fused-ring (bicyclic) bond motifs is 1. The largest absolute Gasteiger partial charge is 0.293 e. The molecule has 0 saturated heterocycles. The fourth-order valence-corrected chi connectivity index (χ4v) is 3.94. The molecule has 0 aliphatic rings. The molecule has 2 nitrogen and oxygen atoms in total. The van der Waals surface area contributed by atoms with Gasteiger partial charge in [-0.05, 0) is 37.4 Å². The van der Waals surface area contributed by atoms with Crippen LogP contribution in [0.15, 0.2) is 24.3 Å². The van der Waals surface area contributed by atoms with Crippen LogP contribution in [0.25, 0.3) is 10.1 Å². The smallest absolute Gasteiger partial charge is 0.179 e. The highest BCUT2D eigenvalue weighted by Gasteiger charge is 2.14. The van der Waals surface area contributed by atoms with Crippen LogP contribution in [-0.2, 0) is 6.42 Å². The number of thiophene rings is 1. The molecule has 0 unspecified atom stereocenters. The van der Waals surface area contributed by atoms with Crippen molar-refractivity contribution in [2.45, 2.75) is 20.3 Å². The van der Waals surface area contributed by atoms with Crippen molar-refractivity contribution in [1.82, 2.24) is 4.98 Å². The van der Waals surface area contributed by atoms with Crippen molar-refractivity contribution in [1.29, 1.82) is 0 Å². The number of aromatic nitrogens is 1. The van der Waals surface area contributed by atoms with Gasteiger partial charge in [-0.25, -0.2) is 9.37 Å². The molecule has 102 valence electrons. The predicted octanol–water partition coefficient (Wildman–Crippen LogP) is 4.54. The minimum absolute atomic E-state index is 0.0420. The van der Waals surface area contributed by atoms with Crippen molar-refractivity contribution in [2.75, 3.05) is 0 Å². The Kier molecular flexibility index (Phi) is 3.40. The zero-order valence-corrected chi connectivity index (χ0v) is 12.7. The van der Waals surface area contributed by atoms with Crippen molar-refractivity contribution in [3.63, 3.8) is 0 Å². The highest BCUT2D eigenvalue weighted by molar-refractivity contribution is 7.20. The third kappa shape index (κ3) is 2.51. The average Bonchev–Trinajstić information content (AvgIpc) is 2.93. The summed E-state index contributed by atoms with van der Waals surface area (Å²) >= 11 is 2.90. The summed E-state index contributed by atoms with van der Waals surface area (Å²) in [5.74, 6) is -0.232. The van der Waals surface area contributed by atoms with Crippen LogP contribution in [0.4, 0.5) is 4.39 Å². The lowest BCUT2D eigenvalue weighted by Gasteiger charge is -1.93. The van der Waals surface area contributed by atoms with Crippen LogP contribution in [0.5, 0.6) is 0 Å². The van der Waals surface area contributed by atoms with Gasteiger partial charge in [0.1, 0.15) is 10.8 Å². The van der Waals surface area contributed by atoms with Crippen molar-refractivity contribution in [2.24, 2.45) is 0 Å². The third-order valence-electron chi connectivity index (χ3n) is 3.14. The van der Waals surface area contributed by atoms with E-state index >= 15 is 0 Å². The first-order valence-corrected chi connectivity index (χ1v) is 7.81. The zero-order valence-electron chi connectivity index (χ0n) is 11.1. The van der Waals surface area contributed by atoms with E-state index in [2.05, 4.69) is 4.98 Å². The summed E-state index contributed by atoms with van der Waals surface area (Å²) in [6.45, 7) is 3.95. The molecule has 0 aliphatic heterocycles. The SMILES string of the molecule is Cc1nc(CC(=O)c2cc3ccc(F)cc3s2)sc1C. The van der Waals surface area contributed by atoms with Gasteiger partial charge in [-0.15, -0.1) is 22.7 Å². The maximum Gasteiger partial charge on any atom is 0.179 e. The van der Waals surface area contributed by atoms with Gasteiger partial charge in [0, 0.05) is 9.58 Å².